The molecule has 0 aromatic rings. The molecule has 112 valence electrons. The SMILES string of the molecule is CC(C)(C)[Si](C)(C)OCC(CO[N+](=O)[O-])O[N+](=O)[O-]. The second-order valence-corrected chi connectivity index (χ2v) is 10.4. The summed E-state index contributed by atoms with van der Waals surface area (Å²) in [5.41, 5.74) is 0. The molecule has 10 heteroatoms. The number of rotatable bonds is 8. The van der Waals surface area contributed by atoms with Crippen molar-refractivity contribution < 1.29 is 24.3 Å². The first-order valence-corrected chi connectivity index (χ1v) is 8.59. The lowest BCUT2D eigenvalue weighted by Crippen LogP contribution is -2.44. The Kier molecular flexibility index (Phi) is 6.16. The molecule has 0 aromatic heterocycles. The summed E-state index contributed by atoms with van der Waals surface area (Å²) in [4.78, 5) is 28.7. The molecule has 0 aliphatic rings. The van der Waals surface area contributed by atoms with Crippen LogP contribution in [0.3, 0.4) is 0 Å². The van der Waals surface area contributed by atoms with Crippen LogP contribution in [-0.4, -0.2) is 37.8 Å². The van der Waals surface area contributed by atoms with Gasteiger partial charge in [-0.2, -0.15) is 0 Å². The van der Waals surface area contributed by atoms with Crippen LogP contribution >= 0.6 is 0 Å². The van der Waals surface area contributed by atoms with Gasteiger partial charge < -0.3 is 14.1 Å². The van der Waals surface area contributed by atoms with Crippen LogP contribution in [0.15, 0.2) is 0 Å². The molecule has 1 atom stereocenters. The zero-order valence-corrected chi connectivity index (χ0v) is 12.7. The molecule has 1 unspecified atom stereocenters. The highest BCUT2D eigenvalue weighted by Crippen LogP contribution is 2.36. The zero-order valence-electron chi connectivity index (χ0n) is 11.7. The molecule has 9 nitrogen and oxygen atoms in total. The number of nitrogens with zero attached hydrogens (tertiary/aromatic N) is 2. The van der Waals surface area contributed by atoms with Gasteiger partial charge in [0.1, 0.15) is 6.61 Å². The van der Waals surface area contributed by atoms with Gasteiger partial charge in [-0.3, -0.25) is 0 Å². The van der Waals surface area contributed by atoms with Crippen LogP contribution in [0.4, 0.5) is 0 Å². The average Bonchev–Trinajstić information content (AvgIpc) is 2.19. The third-order valence-corrected chi connectivity index (χ3v) is 7.54. The van der Waals surface area contributed by atoms with E-state index in [9.17, 15) is 20.2 Å². The molecule has 0 bridgehead atoms. The topological polar surface area (TPSA) is 114 Å². The predicted octanol–water partition coefficient (Wildman–Crippen LogP) is 1.79. The third-order valence-electron chi connectivity index (χ3n) is 3.04. The smallest absolute Gasteiger partial charge is 0.294 e. The van der Waals surface area contributed by atoms with Crippen molar-refractivity contribution in [2.45, 2.75) is 45.0 Å². The minimum Gasteiger partial charge on any atom is -0.414 e. The lowest BCUT2D eigenvalue weighted by Gasteiger charge is -2.36. The molecular formula is C9H20N2O7Si. The van der Waals surface area contributed by atoms with Gasteiger partial charge in [0.25, 0.3) is 10.2 Å². The zero-order chi connectivity index (χ0) is 15.3. The maximum Gasteiger partial charge on any atom is 0.294 e. The van der Waals surface area contributed by atoms with Crippen LogP contribution in [0, 0.1) is 20.2 Å². The van der Waals surface area contributed by atoms with E-state index in [1.807, 2.05) is 33.9 Å². The fourth-order valence-corrected chi connectivity index (χ4v) is 1.93. The monoisotopic (exact) mass is 296 g/mol. The Bertz CT molecular complexity index is 329. The van der Waals surface area contributed by atoms with Crippen molar-refractivity contribution in [3.05, 3.63) is 20.2 Å². The van der Waals surface area contributed by atoms with Gasteiger partial charge in [0, 0.05) is 0 Å². The summed E-state index contributed by atoms with van der Waals surface area (Å²) in [6.45, 7) is 9.30. The molecule has 0 fully saturated rings. The summed E-state index contributed by atoms with van der Waals surface area (Å²) in [7, 11) is -2.10. The molecule has 0 N–H and O–H groups in total. The highest BCUT2D eigenvalue weighted by atomic mass is 28.4. The molecule has 0 saturated heterocycles. The molecule has 0 radical (unpaired) electrons. The Labute approximate surface area is 112 Å². The van der Waals surface area contributed by atoms with Gasteiger partial charge in [-0.25, -0.2) is 0 Å². The Balaban J connectivity index is 4.48. The van der Waals surface area contributed by atoms with E-state index in [-0.39, 0.29) is 11.6 Å². The lowest BCUT2D eigenvalue weighted by atomic mass is 10.2. The largest absolute Gasteiger partial charge is 0.414 e. The van der Waals surface area contributed by atoms with Gasteiger partial charge in [-0.15, -0.1) is 20.2 Å². The molecular weight excluding hydrogens is 276 g/mol. The molecule has 0 spiro atoms. The Hall–Kier alpha value is -1.42. The van der Waals surface area contributed by atoms with Crippen molar-refractivity contribution in [3.63, 3.8) is 0 Å². The normalized spacial score (nSPS) is 13.7. The Morgan fingerprint density at radius 1 is 1.11 bits per heavy atom. The standard InChI is InChI=1S/C9H20N2O7Si/c1-9(2,3)19(4,5)17-7-8(18-11(14)15)6-16-10(12)13/h8H,6-7H2,1-5H3. The molecule has 0 amide bonds. The Morgan fingerprint density at radius 3 is 2.00 bits per heavy atom. The van der Waals surface area contributed by atoms with Crippen molar-refractivity contribution in [3.8, 4) is 0 Å². The fourth-order valence-electron chi connectivity index (χ4n) is 0.892. The van der Waals surface area contributed by atoms with Crippen molar-refractivity contribution in [2.24, 2.45) is 0 Å². The van der Waals surface area contributed by atoms with Gasteiger partial charge >= 0.3 is 0 Å². The van der Waals surface area contributed by atoms with E-state index in [0.717, 1.165) is 0 Å². The van der Waals surface area contributed by atoms with Crippen LogP contribution < -0.4 is 0 Å². The van der Waals surface area contributed by atoms with E-state index < -0.39 is 31.2 Å². The van der Waals surface area contributed by atoms with Crippen LogP contribution in [0.5, 0.6) is 0 Å². The predicted molar refractivity (Wildman–Crippen MR) is 68.0 cm³/mol. The molecule has 0 aliphatic carbocycles. The summed E-state index contributed by atoms with van der Waals surface area (Å²) in [6.07, 6.45) is -1.12. The first kappa shape index (κ1) is 17.6. The highest BCUT2D eigenvalue weighted by Gasteiger charge is 2.38. The highest BCUT2D eigenvalue weighted by molar-refractivity contribution is 6.74. The van der Waals surface area contributed by atoms with E-state index in [1.165, 1.54) is 0 Å². The second kappa shape index (κ2) is 6.66. The maximum atomic E-state index is 10.3. The van der Waals surface area contributed by atoms with Crippen LogP contribution in [-0.2, 0) is 14.1 Å². The summed E-state index contributed by atoms with van der Waals surface area (Å²) in [5, 5.41) is 18.3. The molecule has 0 aromatic carbocycles. The van der Waals surface area contributed by atoms with Crippen molar-refractivity contribution in [1.82, 2.24) is 0 Å². The molecule has 0 saturated carbocycles. The molecule has 0 rings (SSSR count). The van der Waals surface area contributed by atoms with Crippen LogP contribution in [0.1, 0.15) is 20.8 Å². The Morgan fingerprint density at radius 2 is 1.63 bits per heavy atom. The number of hydrogen-bond donors (Lipinski definition) is 0. The molecule has 0 aliphatic heterocycles. The average molecular weight is 296 g/mol. The summed E-state index contributed by atoms with van der Waals surface area (Å²) in [6, 6.07) is 0. The van der Waals surface area contributed by atoms with Gasteiger partial charge in [0.05, 0.1) is 6.61 Å². The summed E-state index contributed by atoms with van der Waals surface area (Å²) in [5.74, 6) is 0. The van der Waals surface area contributed by atoms with E-state index in [1.54, 1.807) is 0 Å². The lowest BCUT2D eigenvalue weighted by molar-refractivity contribution is -0.790. The molecule has 0 heterocycles. The number of hydrogen-bond acceptors (Lipinski definition) is 7. The maximum absolute atomic E-state index is 10.3. The minimum absolute atomic E-state index is 0.0733. The third kappa shape index (κ3) is 6.91. The van der Waals surface area contributed by atoms with Gasteiger partial charge in [0.15, 0.2) is 14.4 Å². The van der Waals surface area contributed by atoms with Crippen molar-refractivity contribution >= 4 is 8.32 Å². The minimum atomic E-state index is -2.10. The summed E-state index contributed by atoms with van der Waals surface area (Å²) < 4.78 is 5.70. The van der Waals surface area contributed by atoms with Crippen LogP contribution in [0.2, 0.25) is 18.1 Å². The van der Waals surface area contributed by atoms with E-state index >= 15 is 0 Å². The van der Waals surface area contributed by atoms with Crippen LogP contribution in [0.25, 0.3) is 0 Å². The van der Waals surface area contributed by atoms with Gasteiger partial charge in [-0.05, 0) is 18.1 Å². The first-order chi connectivity index (χ1) is 8.45. The van der Waals surface area contributed by atoms with Crippen molar-refractivity contribution in [1.29, 1.82) is 0 Å². The van der Waals surface area contributed by atoms with E-state index in [4.69, 9.17) is 4.43 Å². The quantitative estimate of drug-likeness (QED) is 0.381. The van der Waals surface area contributed by atoms with Gasteiger partial charge in [0.2, 0.25) is 0 Å². The van der Waals surface area contributed by atoms with E-state index in [0.29, 0.717) is 0 Å². The molecule has 19 heavy (non-hydrogen) atoms. The first-order valence-electron chi connectivity index (χ1n) is 5.68. The van der Waals surface area contributed by atoms with Crippen molar-refractivity contribution in [2.75, 3.05) is 13.2 Å². The summed E-state index contributed by atoms with van der Waals surface area (Å²) >= 11 is 0. The fraction of sp³-hybridized carbons (Fsp3) is 1.00. The second-order valence-electron chi connectivity index (χ2n) is 5.54. The van der Waals surface area contributed by atoms with E-state index in [2.05, 4.69) is 9.68 Å². The van der Waals surface area contributed by atoms with Gasteiger partial charge in [-0.1, -0.05) is 20.8 Å².